The zero-order valence-electron chi connectivity index (χ0n) is 17.8. The van der Waals surface area contributed by atoms with Gasteiger partial charge in [0.05, 0.1) is 11.0 Å². The summed E-state index contributed by atoms with van der Waals surface area (Å²) in [4.78, 5) is 5.05. The van der Waals surface area contributed by atoms with E-state index in [2.05, 4.69) is 104 Å². The normalized spacial score (nSPS) is 11.4. The first-order chi connectivity index (χ1) is 14.6. The summed E-state index contributed by atoms with van der Waals surface area (Å²) in [6.45, 7) is 7.46. The lowest BCUT2D eigenvalue weighted by Gasteiger charge is -2.15. The molecule has 4 aromatic carbocycles. The largest absolute Gasteiger partial charge is 0.323 e. The van der Waals surface area contributed by atoms with Gasteiger partial charge in [0.2, 0.25) is 0 Å². The number of aryl methyl sites for hydroxylation is 3. The Kier molecular flexibility index (Phi) is 4.63. The van der Waals surface area contributed by atoms with E-state index in [4.69, 9.17) is 4.98 Å². The van der Waals surface area contributed by atoms with E-state index >= 15 is 0 Å². The second-order valence-corrected chi connectivity index (χ2v) is 8.30. The van der Waals surface area contributed by atoms with E-state index in [1.54, 1.807) is 0 Å². The van der Waals surface area contributed by atoms with E-state index in [1.165, 1.54) is 44.1 Å². The molecule has 0 N–H and O–H groups in total. The molecule has 0 aliphatic heterocycles. The summed E-state index contributed by atoms with van der Waals surface area (Å²) < 4.78 is 2.40. The molecule has 0 saturated heterocycles. The third-order valence-electron chi connectivity index (χ3n) is 6.12. The molecule has 0 radical (unpaired) electrons. The topological polar surface area (TPSA) is 17.8 Å². The minimum absolute atomic E-state index is 0.819. The fraction of sp³-hybridized carbons (Fsp3) is 0.179. The smallest absolute Gasteiger partial charge is 0.114 e. The minimum atomic E-state index is 0.819. The molecule has 0 bridgehead atoms. The molecule has 0 spiro atoms. The number of benzene rings is 4. The van der Waals surface area contributed by atoms with Crippen molar-refractivity contribution in [3.63, 3.8) is 0 Å². The van der Waals surface area contributed by atoms with Crippen molar-refractivity contribution in [2.45, 2.75) is 33.7 Å². The van der Waals surface area contributed by atoms with Crippen molar-refractivity contribution < 1.29 is 0 Å². The molecule has 0 atom stereocenters. The van der Waals surface area contributed by atoms with Crippen LogP contribution in [0.2, 0.25) is 0 Å². The molecule has 1 heterocycles. The summed E-state index contributed by atoms with van der Waals surface area (Å²) in [7, 11) is 0. The highest BCUT2D eigenvalue weighted by Crippen LogP contribution is 2.26. The maximum Gasteiger partial charge on any atom is 0.114 e. The Morgan fingerprint density at radius 1 is 0.767 bits per heavy atom. The molecule has 0 aliphatic carbocycles. The number of rotatable bonds is 4. The summed E-state index contributed by atoms with van der Waals surface area (Å²) in [5.41, 5.74) is 9.00. The lowest BCUT2D eigenvalue weighted by molar-refractivity contribution is 0.755. The van der Waals surface area contributed by atoms with Crippen LogP contribution in [-0.4, -0.2) is 9.55 Å². The van der Waals surface area contributed by atoms with Gasteiger partial charge in [-0.2, -0.15) is 0 Å². The number of aromatic nitrogens is 2. The number of imidazole rings is 1. The lowest BCUT2D eigenvalue weighted by Crippen LogP contribution is -2.09. The van der Waals surface area contributed by atoms with Crippen molar-refractivity contribution in [3.8, 4) is 0 Å². The molecular weight excluding hydrogens is 364 g/mol. The van der Waals surface area contributed by atoms with E-state index in [0.717, 1.165) is 24.3 Å². The Morgan fingerprint density at radius 3 is 2.30 bits per heavy atom. The Labute approximate surface area is 177 Å². The Morgan fingerprint density at radius 2 is 1.47 bits per heavy atom. The van der Waals surface area contributed by atoms with Gasteiger partial charge in [0.1, 0.15) is 5.82 Å². The fourth-order valence-electron chi connectivity index (χ4n) is 4.67. The standard InChI is InChI=1S/C28H26N2/c1-19-15-20(2)25(21(3)16-19)18-30-27-14-7-6-13-26(27)29-28(30)17-23-11-8-10-22-9-4-5-12-24(22)23/h4-16H,17-18H2,1-3H3. The number of hydrogen-bond donors (Lipinski definition) is 0. The summed E-state index contributed by atoms with van der Waals surface area (Å²) in [5, 5.41) is 2.59. The van der Waals surface area contributed by atoms with Gasteiger partial charge in [-0.15, -0.1) is 0 Å². The van der Waals surface area contributed by atoms with Crippen molar-refractivity contribution in [1.29, 1.82) is 0 Å². The van der Waals surface area contributed by atoms with Gasteiger partial charge >= 0.3 is 0 Å². The highest BCUT2D eigenvalue weighted by molar-refractivity contribution is 5.86. The van der Waals surface area contributed by atoms with Crippen molar-refractivity contribution >= 4 is 21.8 Å². The van der Waals surface area contributed by atoms with Gasteiger partial charge in [-0.3, -0.25) is 0 Å². The average Bonchev–Trinajstić information content (AvgIpc) is 3.08. The SMILES string of the molecule is Cc1cc(C)c(Cn2c(Cc3cccc4ccccc34)nc3ccccc32)c(C)c1. The maximum atomic E-state index is 5.05. The molecule has 5 rings (SSSR count). The number of para-hydroxylation sites is 2. The molecule has 0 aliphatic rings. The van der Waals surface area contributed by atoms with Gasteiger partial charge in [0.25, 0.3) is 0 Å². The second-order valence-electron chi connectivity index (χ2n) is 8.30. The van der Waals surface area contributed by atoms with Crippen molar-refractivity contribution in [1.82, 2.24) is 9.55 Å². The summed E-state index contributed by atoms with van der Waals surface area (Å²) in [6, 6.07) is 28.2. The van der Waals surface area contributed by atoms with Gasteiger partial charge in [-0.05, 0) is 65.9 Å². The van der Waals surface area contributed by atoms with E-state index in [9.17, 15) is 0 Å². The monoisotopic (exact) mass is 390 g/mol. The highest BCUT2D eigenvalue weighted by atomic mass is 15.1. The second kappa shape index (κ2) is 7.46. The van der Waals surface area contributed by atoms with Crippen molar-refractivity contribution in [3.05, 3.63) is 113 Å². The predicted octanol–water partition coefficient (Wildman–Crippen LogP) is 6.75. The zero-order chi connectivity index (χ0) is 20.7. The molecule has 148 valence electrons. The van der Waals surface area contributed by atoms with Crippen LogP contribution in [0.1, 0.15) is 33.6 Å². The van der Waals surface area contributed by atoms with Gasteiger partial charge in [-0.25, -0.2) is 4.98 Å². The minimum Gasteiger partial charge on any atom is -0.323 e. The van der Waals surface area contributed by atoms with Crippen LogP contribution in [0, 0.1) is 20.8 Å². The van der Waals surface area contributed by atoms with Gasteiger partial charge in [-0.1, -0.05) is 72.3 Å². The van der Waals surface area contributed by atoms with E-state index < -0.39 is 0 Å². The predicted molar refractivity (Wildman–Crippen MR) is 126 cm³/mol. The highest BCUT2D eigenvalue weighted by Gasteiger charge is 2.15. The van der Waals surface area contributed by atoms with E-state index in [0.29, 0.717) is 0 Å². The molecule has 30 heavy (non-hydrogen) atoms. The molecule has 0 amide bonds. The van der Waals surface area contributed by atoms with Gasteiger partial charge in [0.15, 0.2) is 0 Å². The van der Waals surface area contributed by atoms with Crippen LogP contribution in [0.5, 0.6) is 0 Å². The van der Waals surface area contributed by atoms with Crippen LogP contribution >= 0.6 is 0 Å². The third-order valence-corrected chi connectivity index (χ3v) is 6.12. The van der Waals surface area contributed by atoms with Crippen molar-refractivity contribution in [2.24, 2.45) is 0 Å². The Balaban J connectivity index is 1.65. The quantitative estimate of drug-likeness (QED) is 0.332. The summed E-state index contributed by atoms with van der Waals surface area (Å²) in [5.74, 6) is 1.12. The number of nitrogens with zero attached hydrogens (tertiary/aromatic N) is 2. The third kappa shape index (κ3) is 3.29. The summed E-state index contributed by atoms with van der Waals surface area (Å²) in [6.07, 6.45) is 0.819. The number of hydrogen-bond acceptors (Lipinski definition) is 1. The van der Waals surface area contributed by atoms with E-state index in [-0.39, 0.29) is 0 Å². The maximum absolute atomic E-state index is 5.05. The summed E-state index contributed by atoms with van der Waals surface area (Å²) >= 11 is 0. The van der Waals surface area contributed by atoms with Crippen LogP contribution in [0.15, 0.2) is 78.9 Å². The van der Waals surface area contributed by atoms with Gasteiger partial charge < -0.3 is 4.57 Å². The van der Waals surface area contributed by atoms with Gasteiger partial charge in [0, 0.05) is 13.0 Å². The Hall–Kier alpha value is -3.39. The lowest BCUT2D eigenvalue weighted by atomic mass is 9.99. The molecule has 2 heteroatoms. The Bertz CT molecular complexity index is 1350. The fourth-order valence-corrected chi connectivity index (χ4v) is 4.67. The zero-order valence-corrected chi connectivity index (χ0v) is 17.8. The number of fused-ring (bicyclic) bond motifs is 2. The molecule has 2 nitrogen and oxygen atoms in total. The molecular formula is C28H26N2. The van der Waals surface area contributed by atoms with Crippen LogP contribution in [0.3, 0.4) is 0 Å². The average molecular weight is 391 g/mol. The van der Waals surface area contributed by atoms with Crippen LogP contribution in [0.4, 0.5) is 0 Å². The van der Waals surface area contributed by atoms with Crippen LogP contribution < -0.4 is 0 Å². The first-order valence-corrected chi connectivity index (χ1v) is 10.6. The molecule has 1 aromatic heterocycles. The molecule has 0 fully saturated rings. The molecule has 5 aromatic rings. The van der Waals surface area contributed by atoms with Crippen LogP contribution in [0.25, 0.3) is 21.8 Å². The molecule has 0 unspecified atom stereocenters. The molecule has 0 saturated carbocycles. The van der Waals surface area contributed by atoms with E-state index in [1.807, 2.05) is 0 Å². The first-order valence-electron chi connectivity index (χ1n) is 10.6. The van der Waals surface area contributed by atoms with Crippen LogP contribution in [-0.2, 0) is 13.0 Å². The van der Waals surface area contributed by atoms with Crippen molar-refractivity contribution in [2.75, 3.05) is 0 Å². The first kappa shape index (κ1) is 18.6.